The highest BCUT2D eigenvalue weighted by Crippen LogP contribution is 2.44. The summed E-state index contributed by atoms with van der Waals surface area (Å²) >= 11 is 1.15. The standard InChI is InChI=1S/C25H25N3O5S/c1-14(11-22(29)30)27-24(31)23-15(2)28-21(34-23)12-26-25(32)33-13-20-18-9-5-3-7-16(18)17-8-4-6-10-19(17)20/h3-10,14,20H,11-13H2,1-2H3,(H,26,32)(H,27,31)(H,29,30)/t14-/m1/s1. The van der Waals surface area contributed by atoms with E-state index in [0.717, 1.165) is 33.6 Å². The van der Waals surface area contributed by atoms with Crippen molar-refractivity contribution in [2.24, 2.45) is 0 Å². The maximum atomic E-state index is 12.4. The van der Waals surface area contributed by atoms with Crippen LogP contribution in [0.5, 0.6) is 0 Å². The summed E-state index contributed by atoms with van der Waals surface area (Å²) in [6.07, 6.45) is -0.726. The van der Waals surface area contributed by atoms with Gasteiger partial charge in [0.05, 0.1) is 18.7 Å². The third-order valence-electron chi connectivity index (χ3n) is 5.63. The predicted octanol–water partition coefficient (Wildman–Crippen LogP) is 4.08. The third kappa shape index (κ3) is 5.09. The summed E-state index contributed by atoms with van der Waals surface area (Å²) in [6.45, 7) is 3.66. The van der Waals surface area contributed by atoms with Crippen molar-refractivity contribution in [2.45, 2.75) is 38.8 Å². The number of hydrogen-bond donors (Lipinski definition) is 3. The Morgan fingerprint density at radius 1 is 1.09 bits per heavy atom. The lowest BCUT2D eigenvalue weighted by Crippen LogP contribution is -2.34. The number of benzene rings is 2. The maximum Gasteiger partial charge on any atom is 0.407 e. The third-order valence-corrected chi connectivity index (χ3v) is 6.79. The van der Waals surface area contributed by atoms with Crippen LogP contribution in [0.4, 0.5) is 4.79 Å². The number of fused-ring (bicyclic) bond motifs is 3. The van der Waals surface area contributed by atoms with Gasteiger partial charge >= 0.3 is 12.1 Å². The van der Waals surface area contributed by atoms with Gasteiger partial charge in [-0.25, -0.2) is 9.78 Å². The number of carboxylic acids is 1. The summed E-state index contributed by atoms with van der Waals surface area (Å²) in [5.41, 5.74) is 5.12. The second-order valence-electron chi connectivity index (χ2n) is 8.17. The Kier molecular flexibility index (Phi) is 6.93. The molecule has 1 aliphatic rings. The number of nitrogens with zero attached hydrogens (tertiary/aromatic N) is 1. The first-order valence-electron chi connectivity index (χ1n) is 10.9. The number of rotatable bonds is 8. The number of ether oxygens (including phenoxy) is 1. The number of carbonyl (C=O) groups is 3. The minimum atomic E-state index is -0.984. The first kappa shape index (κ1) is 23.4. The largest absolute Gasteiger partial charge is 0.481 e. The molecule has 0 saturated carbocycles. The first-order chi connectivity index (χ1) is 16.3. The Balaban J connectivity index is 1.33. The molecule has 176 valence electrons. The molecule has 8 nitrogen and oxygen atoms in total. The SMILES string of the molecule is Cc1nc(CNC(=O)OCC2c3ccccc3-c3ccccc32)sc1C(=O)N[C@H](C)CC(=O)O. The molecule has 0 radical (unpaired) electrons. The van der Waals surface area contributed by atoms with E-state index >= 15 is 0 Å². The second kappa shape index (κ2) is 10.0. The van der Waals surface area contributed by atoms with Gasteiger partial charge in [-0.05, 0) is 36.1 Å². The number of thiazole rings is 1. The van der Waals surface area contributed by atoms with Crippen LogP contribution in [-0.2, 0) is 16.1 Å². The first-order valence-corrected chi connectivity index (χ1v) is 11.7. The quantitative estimate of drug-likeness (QED) is 0.448. The van der Waals surface area contributed by atoms with Gasteiger partial charge < -0.3 is 20.5 Å². The highest BCUT2D eigenvalue weighted by molar-refractivity contribution is 7.13. The van der Waals surface area contributed by atoms with E-state index < -0.39 is 18.1 Å². The molecule has 0 bridgehead atoms. The molecule has 2 amide bonds. The normalized spacial score (nSPS) is 13.0. The Bertz CT molecular complexity index is 1190. The molecular weight excluding hydrogens is 454 g/mol. The van der Waals surface area contributed by atoms with Gasteiger partial charge in [0.1, 0.15) is 16.5 Å². The summed E-state index contributed by atoms with van der Waals surface area (Å²) < 4.78 is 5.53. The topological polar surface area (TPSA) is 118 Å². The number of carboxylic acid groups (broad SMARTS) is 1. The molecule has 1 aliphatic carbocycles. The molecule has 1 heterocycles. The molecule has 4 rings (SSSR count). The number of alkyl carbamates (subject to hydrolysis) is 1. The van der Waals surface area contributed by atoms with Gasteiger partial charge in [0.25, 0.3) is 5.91 Å². The molecule has 0 aliphatic heterocycles. The number of aromatic nitrogens is 1. The zero-order chi connectivity index (χ0) is 24.2. The fourth-order valence-electron chi connectivity index (χ4n) is 4.14. The zero-order valence-corrected chi connectivity index (χ0v) is 19.6. The number of hydrogen-bond acceptors (Lipinski definition) is 6. The molecule has 0 fully saturated rings. The number of aliphatic carboxylic acids is 1. The lowest BCUT2D eigenvalue weighted by atomic mass is 9.98. The Morgan fingerprint density at radius 3 is 2.32 bits per heavy atom. The van der Waals surface area contributed by atoms with Gasteiger partial charge in [0.15, 0.2) is 0 Å². The van der Waals surface area contributed by atoms with Crippen molar-refractivity contribution >= 4 is 29.3 Å². The molecule has 2 aromatic carbocycles. The van der Waals surface area contributed by atoms with Crippen molar-refractivity contribution in [3.63, 3.8) is 0 Å². The lowest BCUT2D eigenvalue weighted by molar-refractivity contribution is -0.137. The van der Waals surface area contributed by atoms with Gasteiger partial charge in [-0.2, -0.15) is 0 Å². The van der Waals surface area contributed by atoms with Gasteiger partial charge in [-0.1, -0.05) is 48.5 Å². The van der Waals surface area contributed by atoms with Crippen molar-refractivity contribution < 1.29 is 24.2 Å². The molecule has 3 N–H and O–H groups in total. The van der Waals surface area contributed by atoms with Gasteiger partial charge in [-0.15, -0.1) is 11.3 Å². The molecule has 0 unspecified atom stereocenters. The van der Waals surface area contributed by atoms with Crippen LogP contribution in [0.1, 0.15) is 50.8 Å². The molecule has 34 heavy (non-hydrogen) atoms. The second-order valence-corrected chi connectivity index (χ2v) is 9.26. The van der Waals surface area contributed by atoms with Crippen LogP contribution < -0.4 is 10.6 Å². The van der Waals surface area contributed by atoms with E-state index in [-0.39, 0.29) is 31.4 Å². The van der Waals surface area contributed by atoms with Crippen molar-refractivity contribution in [3.8, 4) is 11.1 Å². The number of aryl methyl sites for hydroxylation is 1. The number of carbonyl (C=O) groups excluding carboxylic acids is 2. The summed E-state index contributed by atoms with van der Waals surface area (Å²) in [6, 6.07) is 15.7. The monoisotopic (exact) mass is 479 g/mol. The summed E-state index contributed by atoms with van der Waals surface area (Å²) in [4.78, 5) is 40.3. The summed E-state index contributed by atoms with van der Waals surface area (Å²) in [7, 11) is 0. The number of nitrogens with one attached hydrogen (secondary N) is 2. The molecule has 0 saturated heterocycles. The smallest absolute Gasteiger partial charge is 0.407 e. The van der Waals surface area contributed by atoms with E-state index in [1.807, 2.05) is 24.3 Å². The van der Waals surface area contributed by atoms with Crippen molar-refractivity contribution in [1.29, 1.82) is 0 Å². The van der Waals surface area contributed by atoms with Crippen LogP contribution in [0.3, 0.4) is 0 Å². The number of amides is 2. The van der Waals surface area contributed by atoms with Crippen LogP contribution in [0.15, 0.2) is 48.5 Å². The van der Waals surface area contributed by atoms with Crippen molar-refractivity contribution in [2.75, 3.05) is 6.61 Å². The van der Waals surface area contributed by atoms with E-state index in [4.69, 9.17) is 9.84 Å². The highest BCUT2D eigenvalue weighted by atomic mass is 32.1. The lowest BCUT2D eigenvalue weighted by Gasteiger charge is -2.14. The van der Waals surface area contributed by atoms with Crippen LogP contribution in [0.25, 0.3) is 11.1 Å². The molecule has 1 atom stereocenters. The predicted molar refractivity (Wildman–Crippen MR) is 128 cm³/mol. The summed E-state index contributed by atoms with van der Waals surface area (Å²) in [5.74, 6) is -1.39. The van der Waals surface area contributed by atoms with Crippen LogP contribution in [0.2, 0.25) is 0 Å². The fraction of sp³-hybridized carbons (Fsp3) is 0.280. The van der Waals surface area contributed by atoms with Gasteiger partial charge in [0, 0.05) is 12.0 Å². The average molecular weight is 480 g/mol. The maximum absolute atomic E-state index is 12.4. The molecule has 1 aromatic heterocycles. The average Bonchev–Trinajstić information content (AvgIpc) is 3.33. The molecular formula is C25H25N3O5S. The minimum Gasteiger partial charge on any atom is -0.481 e. The molecule has 3 aromatic rings. The zero-order valence-electron chi connectivity index (χ0n) is 18.8. The van der Waals surface area contributed by atoms with E-state index in [1.165, 1.54) is 0 Å². The van der Waals surface area contributed by atoms with Crippen molar-refractivity contribution in [3.05, 3.63) is 75.2 Å². The van der Waals surface area contributed by atoms with Crippen molar-refractivity contribution in [1.82, 2.24) is 15.6 Å². The summed E-state index contributed by atoms with van der Waals surface area (Å²) in [5, 5.41) is 14.7. The van der Waals surface area contributed by atoms with Crippen LogP contribution in [0, 0.1) is 6.92 Å². The van der Waals surface area contributed by atoms with E-state index in [9.17, 15) is 14.4 Å². The Labute approximate surface area is 201 Å². The molecule has 9 heteroatoms. The van der Waals surface area contributed by atoms with E-state index in [0.29, 0.717) is 15.6 Å². The Hall–Kier alpha value is -3.72. The van der Waals surface area contributed by atoms with Gasteiger partial charge in [-0.3, -0.25) is 9.59 Å². The van der Waals surface area contributed by atoms with E-state index in [2.05, 4.69) is 39.9 Å². The van der Waals surface area contributed by atoms with Gasteiger partial charge in [0.2, 0.25) is 0 Å². The van der Waals surface area contributed by atoms with Crippen LogP contribution >= 0.6 is 11.3 Å². The van der Waals surface area contributed by atoms with Crippen LogP contribution in [-0.4, -0.2) is 40.7 Å². The Morgan fingerprint density at radius 2 is 1.71 bits per heavy atom. The highest BCUT2D eigenvalue weighted by Gasteiger charge is 2.29. The fourth-order valence-corrected chi connectivity index (χ4v) is 5.05. The minimum absolute atomic E-state index is 0.0247. The van der Waals surface area contributed by atoms with E-state index in [1.54, 1.807) is 13.8 Å². The molecule has 0 spiro atoms.